The maximum atomic E-state index is 13.1. The third-order valence-corrected chi connectivity index (χ3v) is 5.72. The van der Waals surface area contributed by atoms with Crippen LogP contribution in [0.25, 0.3) is 0 Å². The Bertz CT molecular complexity index is 961. The zero-order valence-electron chi connectivity index (χ0n) is 13.3. The molecule has 2 rings (SSSR count). The van der Waals surface area contributed by atoms with Gasteiger partial charge in [0.2, 0.25) is 0 Å². The molecule has 0 aromatic heterocycles. The summed E-state index contributed by atoms with van der Waals surface area (Å²) in [6, 6.07) is 9.06. The molecule has 138 valence electrons. The molecule has 0 aliphatic heterocycles. The van der Waals surface area contributed by atoms with Crippen LogP contribution in [-0.2, 0) is 19.6 Å². The molecule has 7 nitrogen and oxygen atoms in total. The van der Waals surface area contributed by atoms with Crippen molar-refractivity contribution in [2.24, 2.45) is 0 Å². The Kier molecular flexibility index (Phi) is 6.12. The molecule has 0 heterocycles. The van der Waals surface area contributed by atoms with Gasteiger partial charge in [0.1, 0.15) is 11.4 Å². The number of esters is 1. The largest absolute Gasteiger partial charge is 0.478 e. The van der Waals surface area contributed by atoms with Crippen molar-refractivity contribution in [3.8, 4) is 0 Å². The lowest BCUT2D eigenvalue weighted by molar-refractivity contribution is -0.138. The van der Waals surface area contributed by atoms with E-state index in [-0.39, 0.29) is 15.7 Å². The minimum atomic E-state index is -4.45. The highest BCUT2D eigenvalue weighted by Crippen LogP contribution is 2.33. The third kappa shape index (κ3) is 4.09. The number of carboxylic acid groups (broad SMARTS) is 1. The van der Waals surface area contributed by atoms with Gasteiger partial charge < -0.3 is 9.84 Å². The van der Waals surface area contributed by atoms with Gasteiger partial charge in [-0.25, -0.2) is 13.2 Å². The summed E-state index contributed by atoms with van der Waals surface area (Å²) in [4.78, 5) is 22.7. The van der Waals surface area contributed by atoms with Gasteiger partial charge in [-0.2, -0.15) is 0 Å². The van der Waals surface area contributed by atoms with Crippen LogP contribution in [0.3, 0.4) is 0 Å². The van der Waals surface area contributed by atoms with E-state index in [9.17, 15) is 23.1 Å². The molecule has 0 radical (unpaired) electrons. The summed E-state index contributed by atoms with van der Waals surface area (Å²) in [5.74, 6) is -2.28. The summed E-state index contributed by atoms with van der Waals surface area (Å²) in [6.07, 6.45) is 0. The Hall–Kier alpha value is -2.29. The molecule has 2 aromatic carbocycles. The van der Waals surface area contributed by atoms with E-state index in [1.807, 2.05) is 0 Å². The Labute approximate surface area is 159 Å². The summed E-state index contributed by atoms with van der Waals surface area (Å²) in [5.41, 5.74) is -0.478. The second-order valence-corrected chi connectivity index (χ2v) is 7.66. The van der Waals surface area contributed by atoms with E-state index >= 15 is 0 Å². The number of aromatic carboxylic acids is 1. The number of ether oxygens (including phenoxy) is 1. The van der Waals surface area contributed by atoms with Crippen LogP contribution in [0.1, 0.15) is 10.4 Å². The van der Waals surface area contributed by atoms with E-state index in [4.69, 9.17) is 23.2 Å². The van der Waals surface area contributed by atoms with Crippen molar-refractivity contribution in [3.05, 3.63) is 58.1 Å². The Morgan fingerprint density at radius 2 is 1.81 bits per heavy atom. The fraction of sp³-hybridized carbons (Fsp3) is 0.125. The number of carbonyl (C=O) groups is 2. The lowest BCUT2D eigenvalue weighted by Crippen LogP contribution is -2.37. The molecule has 0 fully saturated rings. The van der Waals surface area contributed by atoms with Gasteiger partial charge in [0.15, 0.2) is 0 Å². The summed E-state index contributed by atoms with van der Waals surface area (Å²) in [5, 5.41) is 9.52. The number of carbonyl (C=O) groups excluding carboxylic acids is 1. The average molecular weight is 418 g/mol. The van der Waals surface area contributed by atoms with Crippen LogP contribution >= 0.6 is 23.2 Å². The molecule has 26 heavy (non-hydrogen) atoms. The van der Waals surface area contributed by atoms with Gasteiger partial charge in [-0.15, -0.1) is 0 Å². The van der Waals surface area contributed by atoms with E-state index < -0.39 is 39.0 Å². The number of hydrogen-bond donors (Lipinski definition) is 1. The standard InChI is InChI=1S/C16H13Cl2NO6S/c1-25-15(20)9-19(13-7-6-10(17)8-12(13)18)26(23,24)14-5-3-2-4-11(14)16(21)22/h2-8H,9H2,1H3,(H,21,22). The normalized spacial score (nSPS) is 11.0. The van der Waals surface area contributed by atoms with Gasteiger partial charge in [-0.3, -0.25) is 9.10 Å². The lowest BCUT2D eigenvalue weighted by atomic mass is 10.2. The Morgan fingerprint density at radius 3 is 2.38 bits per heavy atom. The van der Waals surface area contributed by atoms with Gasteiger partial charge >= 0.3 is 11.9 Å². The topological polar surface area (TPSA) is 101 Å². The molecule has 10 heteroatoms. The van der Waals surface area contributed by atoms with Crippen molar-refractivity contribution in [2.75, 3.05) is 18.0 Å². The van der Waals surface area contributed by atoms with Crippen molar-refractivity contribution in [2.45, 2.75) is 4.90 Å². The highest BCUT2D eigenvalue weighted by Gasteiger charge is 2.32. The molecule has 0 aliphatic rings. The first kappa shape index (κ1) is 20.0. The van der Waals surface area contributed by atoms with Crippen LogP contribution in [0.5, 0.6) is 0 Å². The molecule has 0 atom stereocenters. The molecule has 0 bridgehead atoms. The maximum Gasteiger partial charge on any atom is 0.337 e. The summed E-state index contributed by atoms with van der Waals surface area (Å²) in [6.45, 7) is -0.700. The predicted molar refractivity (Wildman–Crippen MR) is 96.4 cm³/mol. The van der Waals surface area contributed by atoms with Crippen LogP contribution < -0.4 is 4.31 Å². The van der Waals surface area contributed by atoms with Crippen molar-refractivity contribution in [3.63, 3.8) is 0 Å². The second-order valence-electron chi connectivity index (χ2n) is 4.98. The van der Waals surface area contributed by atoms with Crippen molar-refractivity contribution >= 4 is 50.9 Å². The number of hydrogen-bond acceptors (Lipinski definition) is 5. The number of anilines is 1. The first-order valence-corrected chi connectivity index (χ1v) is 9.25. The van der Waals surface area contributed by atoms with E-state index in [0.29, 0.717) is 4.31 Å². The molecule has 0 saturated carbocycles. The third-order valence-electron chi connectivity index (χ3n) is 3.36. The quantitative estimate of drug-likeness (QED) is 0.724. The zero-order valence-corrected chi connectivity index (χ0v) is 15.7. The van der Waals surface area contributed by atoms with Crippen LogP contribution in [0, 0.1) is 0 Å². The number of carboxylic acids is 1. The number of nitrogens with zero attached hydrogens (tertiary/aromatic N) is 1. The van der Waals surface area contributed by atoms with Crippen LogP contribution in [0.15, 0.2) is 47.4 Å². The van der Waals surface area contributed by atoms with Crippen molar-refractivity contribution < 1.29 is 27.9 Å². The van der Waals surface area contributed by atoms with Gasteiger partial charge in [0, 0.05) is 5.02 Å². The average Bonchev–Trinajstić information content (AvgIpc) is 2.59. The van der Waals surface area contributed by atoms with Crippen molar-refractivity contribution in [1.29, 1.82) is 0 Å². The first-order valence-electron chi connectivity index (χ1n) is 7.05. The monoisotopic (exact) mass is 417 g/mol. The summed E-state index contributed by atoms with van der Waals surface area (Å²) < 4.78 is 31.4. The van der Waals surface area contributed by atoms with Gasteiger partial charge in [0.05, 0.1) is 23.4 Å². The van der Waals surface area contributed by atoms with Crippen LogP contribution in [0.4, 0.5) is 5.69 Å². The molecule has 0 amide bonds. The highest BCUT2D eigenvalue weighted by atomic mass is 35.5. The van der Waals surface area contributed by atoms with E-state index in [1.54, 1.807) is 0 Å². The molecular weight excluding hydrogens is 405 g/mol. The van der Waals surface area contributed by atoms with Gasteiger partial charge in [0.25, 0.3) is 10.0 Å². The zero-order chi connectivity index (χ0) is 19.5. The Balaban J connectivity index is 2.68. The van der Waals surface area contributed by atoms with E-state index in [2.05, 4.69) is 4.74 Å². The van der Waals surface area contributed by atoms with Crippen molar-refractivity contribution in [1.82, 2.24) is 0 Å². The fourth-order valence-corrected chi connectivity index (χ4v) is 4.33. The predicted octanol–water partition coefficient (Wildman–Crippen LogP) is 3.06. The number of methoxy groups -OCH3 is 1. The van der Waals surface area contributed by atoms with Gasteiger partial charge in [-0.1, -0.05) is 35.3 Å². The number of halogens is 2. The van der Waals surface area contributed by atoms with Crippen LogP contribution in [-0.4, -0.2) is 39.1 Å². The SMILES string of the molecule is COC(=O)CN(c1ccc(Cl)cc1Cl)S(=O)(=O)c1ccccc1C(=O)O. The number of benzene rings is 2. The molecule has 1 N–H and O–H groups in total. The molecule has 0 aliphatic carbocycles. The van der Waals surface area contributed by atoms with E-state index in [1.165, 1.54) is 30.3 Å². The lowest BCUT2D eigenvalue weighted by Gasteiger charge is -2.25. The molecular formula is C16H13Cl2NO6S. The second kappa shape index (κ2) is 7.94. The smallest absolute Gasteiger partial charge is 0.337 e. The van der Waals surface area contributed by atoms with Crippen LogP contribution in [0.2, 0.25) is 10.0 Å². The fourth-order valence-electron chi connectivity index (χ4n) is 2.15. The number of sulfonamides is 1. The minimum Gasteiger partial charge on any atom is -0.478 e. The maximum absolute atomic E-state index is 13.1. The Morgan fingerprint density at radius 1 is 1.15 bits per heavy atom. The molecule has 0 spiro atoms. The minimum absolute atomic E-state index is 0.0298. The molecule has 2 aromatic rings. The number of rotatable bonds is 6. The first-order chi connectivity index (χ1) is 12.2. The highest BCUT2D eigenvalue weighted by molar-refractivity contribution is 7.93. The molecule has 0 saturated heterocycles. The summed E-state index contributed by atoms with van der Waals surface area (Å²) in [7, 11) is -3.35. The van der Waals surface area contributed by atoms with Gasteiger partial charge in [-0.05, 0) is 30.3 Å². The van der Waals surface area contributed by atoms with E-state index in [0.717, 1.165) is 19.2 Å². The molecule has 0 unspecified atom stereocenters. The summed E-state index contributed by atoms with van der Waals surface area (Å²) >= 11 is 11.9.